The molecule has 1 N–H and O–H groups in total. The first-order valence-electron chi connectivity index (χ1n) is 8.66. The number of aromatic nitrogens is 2. The summed E-state index contributed by atoms with van der Waals surface area (Å²) in [6, 6.07) is 15.8. The summed E-state index contributed by atoms with van der Waals surface area (Å²) in [7, 11) is 0. The Morgan fingerprint density at radius 3 is 2.30 bits per heavy atom. The lowest BCUT2D eigenvalue weighted by atomic mass is 10.2. The molecule has 0 aliphatic heterocycles. The minimum atomic E-state index is -4.65. The minimum Gasteiger partial charge on any atom is -0.346 e. The summed E-state index contributed by atoms with van der Waals surface area (Å²) in [4.78, 5) is 3.66. The fraction of sp³-hybridized carbons (Fsp3) is 0.0476. The molecule has 0 aliphatic rings. The number of nitrogens with one attached hydrogen (secondary N) is 1. The third kappa shape index (κ3) is 3.63. The van der Waals surface area contributed by atoms with Gasteiger partial charge < -0.3 is 5.32 Å². The average molecular weight is 433 g/mol. The number of imidazole rings is 1. The molecular weight excluding hydrogens is 421 g/mol. The highest BCUT2D eigenvalue weighted by Crippen LogP contribution is 2.34. The molecule has 0 atom stereocenters. The molecule has 0 bridgehead atoms. The van der Waals surface area contributed by atoms with E-state index in [1.807, 2.05) is 0 Å². The number of hydrogen-bond donors (Lipinski definition) is 1. The SMILES string of the molecule is Fc1cccc(C(=S)Nc2ccc(-n3c(C(F)(F)F)nc4ccccc43)cc2)c1F. The van der Waals surface area contributed by atoms with Crippen LogP contribution in [0.15, 0.2) is 66.7 Å². The summed E-state index contributed by atoms with van der Waals surface area (Å²) in [5, 5.41) is 2.76. The Kier molecular flexibility index (Phi) is 4.98. The van der Waals surface area contributed by atoms with Gasteiger partial charge in [0.15, 0.2) is 11.6 Å². The van der Waals surface area contributed by atoms with Crippen molar-refractivity contribution >= 4 is 33.9 Å². The number of fused-ring (bicyclic) bond motifs is 1. The van der Waals surface area contributed by atoms with Crippen molar-refractivity contribution in [3.05, 3.63) is 89.8 Å². The van der Waals surface area contributed by atoms with Gasteiger partial charge in [-0.05, 0) is 48.5 Å². The molecule has 0 saturated carbocycles. The van der Waals surface area contributed by atoms with Gasteiger partial charge in [0.25, 0.3) is 0 Å². The second kappa shape index (κ2) is 7.49. The number of rotatable bonds is 3. The Morgan fingerprint density at radius 2 is 1.60 bits per heavy atom. The van der Waals surface area contributed by atoms with Crippen LogP contribution in [0.5, 0.6) is 0 Å². The summed E-state index contributed by atoms with van der Waals surface area (Å²) < 4.78 is 68.8. The Labute approximate surface area is 172 Å². The van der Waals surface area contributed by atoms with Crippen LogP contribution in [0.2, 0.25) is 0 Å². The van der Waals surface area contributed by atoms with Crippen molar-refractivity contribution in [3.8, 4) is 5.69 Å². The number of alkyl halides is 3. The summed E-state index contributed by atoms with van der Waals surface area (Å²) in [5.74, 6) is -3.15. The van der Waals surface area contributed by atoms with E-state index in [-0.39, 0.29) is 21.8 Å². The van der Waals surface area contributed by atoms with Gasteiger partial charge in [0.05, 0.1) is 11.0 Å². The lowest BCUT2D eigenvalue weighted by molar-refractivity contribution is -0.145. The number of benzene rings is 3. The van der Waals surface area contributed by atoms with E-state index >= 15 is 0 Å². The van der Waals surface area contributed by atoms with Crippen molar-refractivity contribution in [1.29, 1.82) is 0 Å². The van der Waals surface area contributed by atoms with Crippen LogP contribution in [0, 0.1) is 11.6 Å². The Morgan fingerprint density at radius 1 is 0.900 bits per heavy atom. The number of para-hydroxylation sites is 2. The molecule has 0 spiro atoms. The van der Waals surface area contributed by atoms with Gasteiger partial charge in [-0.1, -0.05) is 30.4 Å². The first-order chi connectivity index (χ1) is 14.3. The van der Waals surface area contributed by atoms with Gasteiger partial charge in [0.2, 0.25) is 5.82 Å². The van der Waals surface area contributed by atoms with Crippen LogP contribution in [-0.4, -0.2) is 14.5 Å². The maximum Gasteiger partial charge on any atom is 0.450 e. The van der Waals surface area contributed by atoms with Crippen LogP contribution >= 0.6 is 12.2 Å². The smallest absolute Gasteiger partial charge is 0.346 e. The van der Waals surface area contributed by atoms with Crippen LogP contribution in [0.25, 0.3) is 16.7 Å². The summed E-state index contributed by atoms with van der Waals surface area (Å²) in [6.07, 6.45) is -4.65. The lowest BCUT2D eigenvalue weighted by Crippen LogP contribution is -2.14. The predicted octanol–water partition coefficient (Wildman–Crippen LogP) is 6.11. The zero-order chi connectivity index (χ0) is 21.5. The van der Waals surface area contributed by atoms with Crippen molar-refractivity contribution in [2.75, 3.05) is 5.32 Å². The molecular formula is C21H12F5N3S. The molecule has 4 aromatic rings. The summed E-state index contributed by atoms with van der Waals surface area (Å²) in [5.41, 5.74) is 1.06. The molecule has 3 nitrogen and oxygen atoms in total. The second-order valence-electron chi connectivity index (χ2n) is 6.36. The molecule has 0 unspecified atom stereocenters. The molecule has 0 radical (unpaired) electrons. The molecule has 1 heterocycles. The van der Waals surface area contributed by atoms with Gasteiger partial charge in [-0.3, -0.25) is 4.57 Å². The molecule has 0 saturated heterocycles. The maximum absolute atomic E-state index is 13.9. The summed E-state index contributed by atoms with van der Waals surface area (Å²) >= 11 is 5.11. The number of halogens is 5. The first kappa shape index (κ1) is 20.0. The topological polar surface area (TPSA) is 29.9 Å². The average Bonchev–Trinajstić information content (AvgIpc) is 3.11. The highest BCUT2D eigenvalue weighted by atomic mass is 32.1. The van der Waals surface area contributed by atoms with E-state index in [9.17, 15) is 22.0 Å². The van der Waals surface area contributed by atoms with E-state index in [0.717, 1.165) is 10.6 Å². The van der Waals surface area contributed by atoms with Crippen LogP contribution in [0.4, 0.5) is 27.6 Å². The van der Waals surface area contributed by atoms with E-state index in [4.69, 9.17) is 12.2 Å². The predicted molar refractivity (Wildman–Crippen MR) is 108 cm³/mol. The first-order valence-corrected chi connectivity index (χ1v) is 9.07. The van der Waals surface area contributed by atoms with E-state index in [2.05, 4.69) is 10.3 Å². The van der Waals surface area contributed by atoms with E-state index in [1.54, 1.807) is 18.2 Å². The molecule has 0 amide bonds. The van der Waals surface area contributed by atoms with Gasteiger partial charge in [-0.15, -0.1) is 0 Å². The van der Waals surface area contributed by atoms with E-state index in [1.165, 1.54) is 42.5 Å². The number of anilines is 1. The molecule has 1 aromatic heterocycles. The van der Waals surface area contributed by atoms with Crippen LogP contribution in [-0.2, 0) is 6.18 Å². The standard InChI is InChI=1S/C21H12F5N3S/c22-15-5-3-4-14(18(15)23)19(30)27-12-8-10-13(11-9-12)29-17-7-2-1-6-16(17)28-20(29)21(24,25)26/h1-11H,(H,27,30). The van der Waals surface area contributed by atoms with E-state index < -0.39 is 23.6 Å². The normalized spacial score (nSPS) is 11.6. The summed E-state index contributed by atoms with van der Waals surface area (Å²) in [6.45, 7) is 0. The second-order valence-corrected chi connectivity index (χ2v) is 6.77. The van der Waals surface area contributed by atoms with Gasteiger partial charge in [-0.2, -0.15) is 13.2 Å². The highest BCUT2D eigenvalue weighted by molar-refractivity contribution is 7.81. The molecule has 3 aromatic carbocycles. The largest absolute Gasteiger partial charge is 0.450 e. The molecule has 4 rings (SSSR count). The molecule has 30 heavy (non-hydrogen) atoms. The monoisotopic (exact) mass is 433 g/mol. The van der Waals surface area contributed by atoms with Crippen molar-refractivity contribution in [2.24, 2.45) is 0 Å². The molecule has 9 heteroatoms. The zero-order valence-corrected chi connectivity index (χ0v) is 15.9. The van der Waals surface area contributed by atoms with Crippen molar-refractivity contribution in [3.63, 3.8) is 0 Å². The van der Waals surface area contributed by atoms with Crippen molar-refractivity contribution in [2.45, 2.75) is 6.18 Å². The van der Waals surface area contributed by atoms with Crippen molar-refractivity contribution in [1.82, 2.24) is 9.55 Å². The Hall–Kier alpha value is -3.33. The van der Waals surface area contributed by atoms with E-state index in [0.29, 0.717) is 11.2 Å². The molecule has 0 fully saturated rings. The number of hydrogen-bond acceptors (Lipinski definition) is 2. The lowest BCUT2D eigenvalue weighted by Gasteiger charge is -2.13. The van der Waals surface area contributed by atoms with Gasteiger partial charge >= 0.3 is 6.18 Å². The highest BCUT2D eigenvalue weighted by Gasteiger charge is 2.38. The zero-order valence-electron chi connectivity index (χ0n) is 15.0. The minimum absolute atomic E-state index is 0.0520. The number of nitrogens with zero attached hydrogens (tertiary/aromatic N) is 2. The molecule has 0 aliphatic carbocycles. The van der Waals surface area contributed by atoms with Crippen LogP contribution < -0.4 is 5.32 Å². The quantitative estimate of drug-likeness (QED) is 0.312. The fourth-order valence-corrected chi connectivity index (χ4v) is 3.32. The van der Waals surface area contributed by atoms with Crippen molar-refractivity contribution < 1.29 is 22.0 Å². The fourth-order valence-electron chi connectivity index (χ4n) is 3.05. The third-order valence-corrected chi connectivity index (χ3v) is 4.72. The third-order valence-electron chi connectivity index (χ3n) is 4.39. The number of thiocarbonyl (C=S) groups is 1. The molecule has 152 valence electrons. The van der Waals surface area contributed by atoms with Gasteiger partial charge in [-0.25, -0.2) is 13.8 Å². The van der Waals surface area contributed by atoms with Gasteiger partial charge in [0, 0.05) is 16.9 Å². The Bertz CT molecular complexity index is 1250. The Balaban J connectivity index is 1.68. The van der Waals surface area contributed by atoms with Crippen LogP contribution in [0.3, 0.4) is 0 Å². The maximum atomic E-state index is 13.9. The van der Waals surface area contributed by atoms with Gasteiger partial charge in [0.1, 0.15) is 4.99 Å². The van der Waals surface area contributed by atoms with Crippen LogP contribution in [0.1, 0.15) is 11.4 Å².